The lowest BCUT2D eigenvalue weighted by atomic mass is 10.1. The van der Waals surface area contributed by atoms with E-state index in [4.69, 9.17) is 0 Å². The Morgan fingerprint density at radius 1 is 0.848 bits per heavy atom. The molecule has 0 aliphatic rings. The van der Waals surface area contributed by atoms with E-state index in [1.807, 2.05) is 66.9 Å². The van der Waals surface area contributed by atoms with Crippen molar-refractivity contribution in [2.24, 2.45) is 0 Å². The van der Waals surface area contributed by atoms with E-state index in [0.29, 0.717) is 10.9 Å². The second-order valence-corrected chi connectivity index (χ2v) is 9.77. The summed E-state index contributed by atoms with van der Waals surface area (Å²) in [4.78, 5) is 13.9. The third-order valence-electron chi connectivity index (χ3n) is 5.18. The number of nitrogens with zero attached hydrogens (tertiary/aromatic N) is 3. The molecule has 0 radical (unpaired) electrons. The average molecular weight is 475 g/mol. The molecule has 0 spiro atoms. The van der Waals surface area contributed by atoms with E-state index in [9.17, 15) is 4.79 Å². The van der Waals surface area contributed by atoms with E-state index in [-0.39, 0.29) is 11.7 Å². The van der Waals surface area contributed by atoms with Crippen LogP contribution in [0.3, 0.4) is 0 Å². The monoisotopic (exact) mass is 474 g/mol. The Balaban J connectivity index is 1.50. The number of nitrogens with one attached hydrogen (secondary N) is 1. The topological polar surface area (TPSA) is 59.8 Å². The minimum Gasteiger partial charge on any atom is -0.325 e. The number of aryl methyl sites for hydroxylation is 3. The van der Waals surface area contributed by atoms with Gasteiger partial charge in [-0.15, -0.1) is 22.0 Å². The summed E-state index contributed by atoms with van der Waals surface area (Å²) >= 11 is 3.12. The highest BCUT2D eigenvalue weighted by Gasteiger charge is 2.17. The first-order chi connectivity index (χ1) is 16.0. The largest absolute Gasteiger partial charge is 0.325 e. The molecule has 0 aliphatic heterocycles. The minimum atomic E-state index is -0.0596. The van der Waals surface area contributed by atoms with Crippen LogP contribution in [0.15, 0.2) is 82.8 Å². The molecule has 5 nitrogen and oxygen atoms in total. The van der Waals surface area contributed by atoms with Crippen LogP contribution in [0.1, 0.15) is 22.5 Å². The fourth-order valence-corrected chi connectivity index (χ4v) is 5.01. The Bertz CT molecular complexity index is 1220. The van der Waals surface area contributed by atoms with Crippen molar-refractivity contribution in [2.75, 3.05) is 11.1 Å². The first-order valence-electron chi connectivity index (χ1n) is 10.7. The van der Waals surface area contributed by atoms with E-state index in [2.05, 4.69) is 46.7 Å². The van der Waals surface area contributed by atoms with Crippen LogP contribution in [0.4, 0.5) is 5.69 Å². The number of carbonyl (C=O) groups is 1. The van der Waals surface area contributed by atoms with E-state index in [0.717, 1.165) is 28.3 Å². The first-order valence-corrected chi connectivity index (χ1v) is 12.7. The number of para-hydroxylation sites is 2. The zero-order valence-electron chi connectivity index (χ0n) is 18.9. The van der Waals surface area contributed by atoms with Gasteiger partial charge in [0.1, 0.15) is 5.82 Å². The molecule has 1 aromatic heterocycles. The minimum absolute atomic E-state index is 0.0596. The quantitative estimate of drug-likeness (QED) is 0.307. The summed E-state index contributed by atoms with van der Waals surface area (Å²) in [5, 5.41) is 12.6. The van der Waals surface area contributed by atoms with Crippen LogP contribution in [-0.4, -0.2) is 26.4 Å². The van der Waals surface area contributed by atoms with Crippen molar-refractivity contribution in [1.29, 1.82) is 0 Å². The Kier molecular flexibility index (Phi) is 7.52. The number of thioether (sulfide) groups is 2. The lowest BCUT2D eigenvalue weighted by Gasteiger charge is -2.12. The number of aromatic nitrogens is 3. The van der Waals surface area contributed by atoms with Gasteiger partial charge in [-0.25, -0.2) is 0 Å². The standard InChI is InChI=1S/C26H26N4OS2/c1-18-12-14-22(15-13-18)32-16-23-28-29-26(30(23)21-10-5-4-6-11-21)33-17-24(31)27-25-19(2)8-7-9-20(25)3/h4-15H,16-17H2,1-3H3,(H,27,31). The normalized spacial score (nSPS) is 10.9. The van der Waals surface area contributed by atoms with Crippen molar-refractivity contribution in [3.05, 3.63) is 95.3 Å². The van der Waals surface area contributed by atoms with Gasteiger partial charge in [0.2, 0.25) is 5.91 Å². The summed E-state index contributed by atoms with van der Waals surface area (Å²) in [5.41, 5.74) is 5.21. The summed E-state index contributed by atoms with van der Waals surface area (Å²) in [7, 11) is 0. The van der Waals surface area contributed by atoms with Crippen molar-refractivity contribution < 1.29 is 4.79 Å². The molecule has 33 heavy (non-hydrogen) atoms. The summed E-state index contributed by atoms with van der Waals surface area (Å²) in [5.74, 6) is 1.73. The molecule has 1 heterocycles. The maximum atomic E-state index is 12.7. The number of hydrogen-bond acceptors (Lipinski definition) is 5. The molecule has 1 amide bonds. The van der Waals surface area contributed by atoms with Gasteiger partial charge in [-0.05, 0) is 56.2 Å². The van der Waals surface area contributed by atoms with Gasteiger partial charge >= 0.3 is 0 Å². The van der Waals surface area contributed by atoms with E-state index in [1.165, 1.54) is 22.2 Å². The second kappa shape index (κ2) is 10.7. The molecule has 0 atom stereocenters. The fourth-order valence-electron chi connectivity index (χ4n) is 3.42. The number of rotatable bonds is 8. The molecule has 168 valence electrons. The molecule has 3 aromatic carbocycles. The van der Waals surface area contributed by atoms with Crippen LogP contribution in [0.5, 0.6) is 0 Å². The lowest BCUT2D eigenvalue weighted by molar-refractivity contribution is -0.113. The van der Waals surface area contributed by atoms with Gasteiger partial charge < -0.3 is 5.32 Å². The smallest absolute Gasteiger partial charge is 0.234 e. The van der Waals surface area contributed by atoms with Crippen LogP contribution in [0.25, 0.3) is 5.69 Å². The van der Waals surface area contributed by atoms with E-state index >= 15 is 0 Å². The maximum absolute atomic E-state index is 12.7. The Labute approximate surface area is 203 Å². The van der Waals surface area contributed by atoms with Crippen LogP contribution >= 0.6 is 23.5 Å². The molecular formula is C26H26N4OS2. The second-order valence-electron chi connectivity index (χ2n) is 7.78. The van der Waals surface area contributed by atoms with Gasteiger partial charge in [0.15, 0.2) is 5.16 Å². The third-order valence-corrected chi connectivity index (χ3v) is 7.12. The lowest BCUT2D eigenvalue weighted by Crippen LogP contribution is -2.16. The zero-order valence-corrected chi connectivity index (χ0v) is 20.5. The molecule has 0 unspecified atom stereocenters. The molecule has 0 fully saturated rings. The number of amides is 1. The van der Waals surface area contributed by atoms with Gasteiger partial charge in [0.05, 0.1) is 11.5 Å². The molecule has 0 aliphatic carbocycles. The summed E-state index contributed by atoms with van der Waals surface area (Å²) in [6.45, 7) is 6.08. The Morgan fingerprint density at radius 3 is 2.24 bits per heavy atom. The Hall–Kier alpha value is -3.03. The summed E-state index contributed by atoms with van der Waals surface area (Å²) in [6, 6.07) is 24.5. The molecule has 4 rings (SSSR count). The molecule has 7 heteroatoms. The molecule has 0 saturated heterocycles. The summed E-state index contributed by atoms with van der Waals surface area (Å²) in [6.07, 6.45) is 0. The average Bonchev–Trinajstić information content (AvgIpc) is 3.23. The predicted molar refractivity (Wildman–Crippen MR) is 137 cm³/mol. The molecule has 4 aromatic rings. The predicted octanol–water partition coefficient (Wildman–Crippen LogP) is 6.22. The van der Waals surface area contributed by atoms with Crippen molar-refractivity contribution in [3.8, 4) is 5.69 Å². The van der Waals surface area contributed by atoms with Crippen LogP contribution in [-0.2, 0) is 10.5 Å². The zero-order chi connectivity index (χ0) is 23.2. The molecule has 0 saturated carbocycles. The van der Waals surface area contributed by atoms with E-state index in [1.54, 1.807) is 11.8 Å². The van der Waals surface area contributed by atoms with Gasteiger partial charge in [-0.1, -0.05) is 65.9 Å². The van der Waals surface area contributed by atoms with Crippen LogP contribution < -0.4 is 5.32 Å². The number of hydrogen-bond donors (Lipinski definition) is 1. The SMILES string of the molecule is Cc1ccc(SCc2nnc(SCC(=O)Nc3c(C)cccc3C)n2-c2ccccc2)cc1. The van der Waals surface area contributed by atoms with E-state index < -0.39 is 0 Å². The molecule has 1 N–H and O–H groups in total. The number of benzene rings is 3. The van der Waals surface area contributed by atoms with Crippen molar-refractivity contribution in [3.63, 3.8) is 0 Å². The van der Waals surface area contributed by atoms with Crippen LogP contribution in [0.2, 0.25) is 0 Å². The first kappa shape index (κ1) is 23.1. The van der Waals surface area contributed by atoms with Gasteiger partial charge in [0, 0.05) is 16.3 Å². The van der Waals surface area contributed by atoms with Crippen molar-refractivity contribution in [2.45, 2.75) is 36.6 Å². The maximum Gasteiger partial charge on any atom is 0.234 e. The summed E-state index contributed by atoms with van der Waals surface area (Å²) < 4.78 is 2.04. The third kappa shape index (κ3) is 5.86. The Morgan fingerprint density at radius 2 is 1.55 bits per heavy atom. The number of carbonyl (C=O) groups excluding carboxylic acids is 1. The van der Waals surface area contributed by atoms with Crippen molar-refractivity contribution in [1.82, 2.24) is 14.8 Å². The van der Waals surface area contributed by atoms with Gasteiger partial charge in [-0.3, -0.25) is 9.36 Å². The fraction of sp³-hybridized carbons (Fsp3) is 0.192. The van der Waals surface area contributed by atoms with Gasteiger partial charge in [-0.2, -0.15) is 0 Å². The molecular weight excluding hydrogens is 448 g/mol. The molecule has 0 bridgehead atoms. The van der Waals surface area contributed by atoms with Crippen molar-refractivity contribution >= 4 is 35.1 Å². The van der Waals surface area contributed by atoms with Crippen LogP contribution in [0, 0.1) is 20.8 Å². The van der Waals surface area contributed by atoms with Gasteiger partial charge in [0.25, 0.3) is 0 Å². The highest BCUT2D eigenvalue weighted by molar-refractivity contribution is 7.99. The highest BCUT2D eigenvalue weighted by atomic mass is 32.2. The highest BCUT2D eigenvalue weighted by Crippen LogP contribution is 2.28. The number of anilines is 1.